The Balaban J connectivity index is 2.03. The van der Waals surface area contributed by atoms with Crippen molar-refractivity contribution in [1.82, 2.24) is 9.80 Å². The quantitative estimate of drug-likeness (QED) is 0.650. The summed E-state index contributed by atoms with van der Waals surface area (Å²) in [7, 11) is 1.20. The summed E-state index contributed by atoms with van der Waals surface area (Å²) in [6.07, 6.45) is 0.825. The highest BCUT2D eigenvalue weighted by molar-refractivity contribution is 6.44. The molecular weight excluding hydrogens is 274 g/mol. The third-order valence-electron chi connectivity index (χ3n) is 3.17. The zero-order valence-electron chi connectivity index (χ0n) is 11.8. The van der Waals surface area contributed by atoms with Crippen LogP contribution in [0.5, 0.6) is 0 Å². The summed E-state index contributed by atoms with van der Waals surface area (Å²) in [6, 6.07) is 6.46. The monoisotopic (exact) mass is 289 g/mol. The SMILES string of the molecule is CCc1cccc(NC(=O)CN2C(=O)C(=O)N(C)C2=O)c1. The summed E-state index contributed by atoms with van der Waals surface area (Å²) in [5.74, 6) is -2.45. The molecule has 1 aliphatic heterocycles. The molecule has 7 heteroatoms. The van der Waals surface area contributed by atoms with Crippen LogP contribution in [0.15, 0.2) is 24.3 Å². The number of carbonyl (C=O) groups excluding carboxylic acids is 4. The van der Waals surface area contributed by atoms with E-state index in [0.29, 0.717) is 15.5 Å². The van der Waals surface area contributed by atoms with E-state index in [1.54, 1.807) is 12.1 Å². The Morgan fingerprint density at radius 1 is 1.19 bits per heavy atom. The standard InChI is InChI=1S/C14H15N3O4/c1-3-9-5-4-6-10(7-9)15-11(18)8-17-13(20)12(19)16(2)14(17)21/h4-7H,3,8H2,1-2H3,(H,15,18). The van der Waals surface area contributed by atoms with Crippen LogP contribution in [0.4, 0.5) is 10.5 Å². The van der Waals surface area contributed by atoms with Crippen LogP contribution < -0.4 is 5.32 Å². The zero-order valence-corrected chi connectivity index (χ0v) is 11.8. The van der Waals surface area contributed by atoms with Gasteiger partial charge in [-0.15, -0.1) is 0 Å². The molecule has 1 fully saturated rings. The third kappa shape index (κ3) is 2.91. The Morgan fingerprint density at radius 3 is 2.48 bits per heavy atom. The molecule has 0 aliphatic carbocycles. The molecule has 5 amide bonds. The molecule has 110 valence electrons. The number of likely N-dealkylation sites (N-methyl/N-ethyl adjacent to an activating group) is 1. The van der Waals surface area contributed by atoms with Gasteiger partial charge in [-0.1, -0.05) is 19.1 Å². The van der Waals surface area contributed by atoms with Crippen molar-refractivity contribution in [3.63, 3.8) is 0 Å². The van der Waals surface area contributed by atoms with Crippen LogP contribution >= 0.6 is 0 Å². The molecule has 0 radical (unpaired) electrons. The van der Waals surface area contributed by atoms with Crippen molar-refractivity contribution >= 4 is 29.4 Å². The lowest BCUT2D eigenvalue weighted by molar-refractivity contribution is -0.143. The number of nitrogens with zero attached hydrogens (tertiary/aromatic N) is 2. The van der Waals surface area contributed by atoms with Crippen LogP contribution in [-0.2, 0) is 20.8 Å². The highest BCUT2D eigenvalue weighted by atomic mass is 16.2. The Bertz CT molecular complexity index is 626. The molecule has 1 aliphatic rings. The fraction of sp³-hybridized carbons (Fsp3) is 0.286. The van der Waals surface area contributed by atoms with Gasteiger partial charge in [0, 0.05) is 12.7 Å². The van der Waals surface area contributed by atoms with Crippen molar-refractivity contribution in [2.75, 3.05) is 18.9 Å². The number of benzene rings is 1. The van der Waals surface area contributed by atoms with Crippen molar-refractivity contribution in [1.29, 1.82) is 0 Å². The second-order valence-electron chi connectivity index (χ2n) is 4.64. The third-order valence-corrected chi connectivity index (χ3v) is 3.17. The van der Waals surface area contributed by atoms with E-state index in [-0.39, 0.29) is 0 Å². The number of hydrogen-bond donors (Lipinski definition) is 1. The van der Waals surface area contributed by atoms with Gasteiger partial charge in [-0.05, 0) is 24.1 Å². The van der Waals surface area contributed by atoms with Crippen molar-refractivity contribution in [2.24, 2.45) is 0 Å². The van der Waals surface area contributed by atoms with Gasteiger partial charge in [-0.3, -0.25) is 19.3 Å². The van der Waals surface area contributed by atoms with E-state index in [1.807, 2.05) is 19.1 Å². The Labute approximate surface area is 121 Å². The number of hydrogen-bond acceptors (Lipinski definition) is 4. The second kappa shape index (κ2) is 5.74. The van der Waals surface area contributed by atoms with E-state index in [0.717, 1.165) is 12.0 Å². The normalized spacial score (nSPS) is 14.9. The number of aryl methyl sites for hydroxylation is 1. The first-order valence-electron chi connectivity index (χ1n) is 6.46. The minimum atomic E-state index is -0.986. The number of nitrogens with one attached hydrogen (secondary N) is 1. The topological polar surface area (TPSA) is 86.8 Å². The molecule has 21 heavy (non-hydrogen) atoms. The van der Waals surface area contributed by atoms with Gasteiger partial charge in [0.15, 0.2) is 0 Å². The van der Waals surface area contributed by atoms with Crippen molar-refractivity contribution < 1.29 is 19.2 Å². The molecule has 0 unspecified atom stereocenters. The van der Waals surface area contributed by atoms with Crippen LogP contribution in [-0.4, -0.2) is 47.1 Å². The van der Waals surface area contributed by atoms with Crippen LogP contribution in [0.25, 0.3) is 0 Å². The van der Waals surface area contributed by atoms with Gasteiger partial charge < -0.3 is 5.32 Å². The molecule has 0 bridgehead atoms. The number of carbonyl (C=O) groups is 4. The smallest absolute Gasteiger partial charge is 0.325 e. The van der Waals surface area contributed by atoms with Gasteiger partial charge in [0.25, 0.3) is 0 Å². The fourth-order valence-corrected chi connectivity index (χ4v) is 1.97. The molecule has 0 atom stereocenters. The van der Waals surface area contributed by atoms with Gasteiger partial charge in [-0.25, -0.2) is 9.69 Å². The highest BCUT2D eigenvalue weighted by Gasteiger charge is 2.42. The lowest BCUT2D eigenvalue weighted by Crippen LogP contribution is -2.38. The molecule has 1 saturated heterocycles. The van der Waals surface area contributed by atoms with Gasteiger partial charge in [-0.2, -0.15) is 0 Å². The van der Waals surface area contributed by atoms with E-state index in [1.165, 1.54) is 7.05 Å². The molecule has 0 aromatic heterocycles. The minimum Gasteiger partial charge on any atom is -0.325 e. The largest absolute Gasteiger partial charge is 0.334 e. The number of rotatable bonds is 4. The summed E-state index contributed by atoms with van der Waals surface area (Å²) >= 11 is 0. The predicted molar refractivity (Wildman–Crippen MR) is 74.3 cm³/mol. The average Bonchev–Trinajstić information content (AvgIpc) is 2.65. The zero-order chi connectivity index (χ0) is 15.6. The number of anilines is 1. The van der Waals surface area contributed by atoms with Crippen LogP contribution in [0.3, 0.4) is 0 Å². The maximum atomic E-state index is 11.9. The summed E-state index contributed by atoms with van der Waals surface area (Å²) in [6.45, 7) is 1.51. The average molecular weight is 289 g/mol. The molecule has 1 heterocycles. The van der Waals surface area contributed by atoms with E-state index in [9.17, 15) is 19.2 Å². The van der Waals surface area contributed by atoms with Gasteiger partial charge in [0.2, 0.25) is 5.91 Å². The molecule has 2 rings (SSSR count). The van der Waals surface area contributed by atoms with Gasteiger partial charge in [0.1, 0.15) is 6.54 Å². The first kappa shape index (κ1) is 14.7. The fourth-order valence-electron chi connectivity index (χ4n) is 1.97. The van der Waals surface area contributed by atoms with Gasteiger partial charge >= 0.3 is 17.8 Å². The van der Waals surface area contributed by atoms with Crippen LogP contribution in [0, 0.1) is 0 Å². The highest BCUT2D eigenvalue weighted by Crippen LogP contribution is 2.13. The predicted octanol–water partition coefficient (Wildman–Crippen LogP) is 0.608. The van der Waals surface area contributed by atoms with Crippen molar-refractivity contribution in [3.8, 4) is 0 Å². The maximum Gasteiger partial charge on any atom is 0.334 e. The molecular formula is C14H15N3O4. The first-order valence-corrected chi connectivity index (χ1v) is 6.46. The summed E-state index contributed by atoms with van der Waals surface area (Å²) in [5.41, 5.74) is 1.63. The molecule has 0 spiro atoms. The Hall–Kier alpha value is -2.70. The number of imide groups is 2. The Kier molecular flexibility index (Phi) is 4.02. The summed E-state index contributed by atoms with van der Waals surface area (Å²) in [4.78, 5) is 47.7. The lowest BCUT2D eigenvalue weighted by atomic mass is 10.1. The van der Waals surface area contributed by atoms with Crippen molar-refractivity contribution in [2.45, 2.75) is 13.3 Å². The van der Waals surface area contributed by atoms with Crippen molar-refractivity contribution in [3.05, 3.63) is 29.8 Å². The van der Waals surface area contributed by atoms with Crippen LogP contribution in [0.2, 0.25) is 0 Å². The van der Waals surface area contributed by atoms with E-state index < -0.39 is 30.3 Å². The lowest BCUT2D eigenvalue weighted by Gasteiger charge is -2.13. The Morgan fingerprint density at radius 2 is 1.90 bits per heavy atom. The van der Waals surface area contributed by atoms with Gasteiger partial charge in [0.05, 0.1) is 0 Å². The molecule has 0 saturated carbocycles. The van der Waals surface area contributed by atoms with E-state index >= 15 is 0 Å². The minimum absolute atomic E-state index is 0.482. The molecule has 1 aromatic rings. The first-order chi connectivity index (χ1) is 9.93. The molecule has 1 N–H and O–H groups in total. The van der Waals surface area contributed by atoms with Crippen LogP contribution in [0.1, 0.15) is 12.5 Å². The maximum absolute atomic E-state index is 11.9. The van der Waals surface area contributed by atoms with E-state index in [4.69, 9.17) is 0 Å². The second-order valence-corrected chi connectivity index (χ2v) is 4.64. The molecule has 7 nitrogen and oxygen atoms in total. The molecule has 1 aromatic carbocycles. The van der Waals surface area contributed by atoms with E-state index in [2.05, 4.69) is 5.32 Å². The summed E-state index contributed by atoms with van der Waals surface area (Å²) < 4.78 is 0. The summed E-state index contributed by atoms with van der Waals surface area (Å²) in [5, 5.41) is 2.60. The number of urea groups is 1. The number of amides is 5.